The number of nitrogens with two attached hydrogens (primary N) is 1. The minimum Gasteiger partial charge on any atom is -0.370 e. The second-order valence-electron chi connectivity index (χ2n) is 3.96. The van der Waals surface area contributed by atoms with E-state index in [0.717, 1.165) is 0 Å². The number of aryl methyl sites for hydroxylation is 1. The number of likely N-dealkylation sites (N-methyl/N-ethyl adjacent to an activating group) is 1. The average molecular weight is 270 g/mol. The number of nitrogens with zero attached hydrogens (tertiary/aromatic N) is 2. The molecule has 0 fully saturated rings. The molecule has 2 amide bonds. The van der Waals surface area contributed by atoms with Crippen molar-refractivity contribution in [2.45, 2.75) is 6.92 Å². The molecule has 1 aromatic heterocycles. The second-order valence-corrected chi connectivity index (χ2v) is 3.96. The first-order chi connectivity index (χ1) is 9.02. The van der Waals surface area contributed by atoms with Gasteiger partial charge in [-0.2, -0.15) is 0 Å². The number of aromatic nitrogens is 1. The topological polar surface area (TPSA) is 111 Å². The summed E-state index contributed by atoms with van der Waals surface area (Å²) in [6, 6.07) is 1.59. The van der Waals surface area contributed by atoms with Crippen LogP contribution in [0.3, 0.4) is 0 Å². The van der Waals surface area contributed by atoms with Gasteiger partial charge in [-0.05, 0) is 6.92 Å². The van der Waals surface area contributed by atoms with E-state index in [1.807, 2.05) is 0 Å². The fraction of sp³-hybridized carbons (Fsp3) is 0.545. The normalized spacial score (nSPS) is 10.3. The first-order valence-corrected chi connectivity index (χ1v) is 5.78. The minimum atomic E-state index is -0.358. The lowest BCUT2D eigenvalue weighted by molar-refractivity contribution is -0.137. The molecule has 8 nitrogen and oxygen atoms in total. The van der Waals surface area contributed by atoms with Crippen molar-refractivity contribution in [3.05, 3.63) is 11.8 Å². The van der Waals surface area contributed by atoms with Gasteiger partial charge in [-0.15, -0.1) is 0 Å². The summed E-state index contributed by atoms with van der Waals surface area (Å²) >= 11 is 0. The van der Waals surface area contributed by atoms with E-state index in [2.05, 4.69) is 10.5 Å². The number of ether oxygens (including phenoxy) is 1. The van der Waals surface area contributed by atoms with E-state index in [1.165, 1.54) is 11.9 Å². The van der Waals surface area contributed by atoms with E-state index in [1.54, 1.807) is 13.0 Å². The fourth-order valence-corrected chi connectivity index (χ4v) is 1.26. The zero-order valence-electron chi connectivity index (χ0n) is 11.0. The standard InChI is InChI=1S/C11H18N4O4/c1-8-5-9(14-19-8)13-10(16)6-15(2)11(17)7-18-4-3-12/h5H,3-4,6-7,12H2,1-2H3,(H,13,14,16). The molecule has 0 radical (unpaired) electrons. The summed E-state index contributed by atoms with van der Waals surface area (Å²) in [5.74, 6) is 0.264. The molecule has 19 heavy (non-hydrogen) atoms. The molecule has 0 bridgehead atoms. The van der Waals surface area contributed by atoms with Crippen LogP contribution in [0.1, 0.15) is 5.76 Å². The van der Waals surface area contributed by atoms with E-state index in [9.17, 15) is 9.59 Å². The maximum Gasteiger partial charge on any atom is 0.248 e. The number of anilines is 1. The van der Waals surface area contributed by atoms with Gasteiger partial charge in [0.05, 0.1) is 13.2 Å². The Balaban J connectivity index is 2.32. The third kappa shape index (κ3) is 5.49. The highest BCUT2D eigenvalue weighted by molar-refractivity contribution is 5.93. The monoisotopic (exact) mass is 270 g/mol. The molecular formula is C11H18N4O4. The number of rotatable bonds is 7. The molecule has 0 aliphatic rings. The molecule has 1 rings (SSSR count). The van der Waals surface area contributed by atoms with Crippen LogP contribution in [0.5, 0.6) is 0 Å². The van der Waals surface area contributed by atoms with E-state index >= 15 is 0 Å². The molecule has 8 heteroatoms. The molecule has 0 aliphatic carbocycles. The van der Waals surface area contributed by atoms with Gasteiger partial charge in [0.25, 0.3) is 0 Å². The van der Waals surface area contributed by atoms with Gasteiger partial charge >= 0.3 is 0 Å². The van der Waals surface area contributed by atoms with Crippen LogP contribution in [0.25, 0.3) is 0 Å². The summed E-state index contributed by atoms with van der Waals surface area (Å²) in [6.07, 6.45) is 0. The maximum absolute atomic E-state index is 11.6. The fourth-order valence-electron chi connectivity index (χ4n) is 1.26. The van der Waals surface area contributed by atoms with Crippen molar-refractivity contribution in [1.29, 1.82) is 0 Å². The summed E-state index contributed by atoms with van der Waals surface area (Å²) in [7, 11) is 1.52. The summed E-state index contributed by atoms with van der Waals surface area (Å²) in [5.41, 5.74) is 5.23. The predicted molar refractivity (Wildman–Crippen MR) is 67.4 cm³/mol. The molecule has 0 atom stereocenters. The van der Waals surface area contributed by atoms with Gasteiger partial charge in [0.1, 0.15) is 12.4 Å². The molecule has 0 aromatic carbocycles. The lowest BCUT2D eigenvalue weighted by atomic mass is 10.4. The highest BCUT2D eigenvalue weighted by atomic mass is 16.5. The second kappa shape index (κ2) is 7.49. The number of hydrogen-bond acceptors (Lipinski definition) is 6. The summed E-state index contributed by atoms with van der Waals surface area (Å²) in [5, 5.41) is 6.14. The molecule has 1 aromatic rings. The van der Waals surface area contributed by atoms with Crippen LogP contribution in [0.2, 0.25) is 0 Å². The minimum absolute atomic E-state index is 0.0866. The zero-order valence-corrected chi connectivity index (χ0v) is 11.0. The van der Waals surface area contributed by atoms with Crippen LogP contribution in [-0.4, -0.2) is 55.2 Å². The maximum atomic E-state index is 11.6. The zero-order chi connectivity index (χ0) is 14.3. The van der Waals surface area contributed by atoms with Crippen molar-refractivity contribution in [3.8, 4) is 0 Å². The Morgan fingerprint density at radius 2 is 2.32 bits per heavy atom. The molecular weight excluding hydrogens is 252 g/mol. The van der Waals surface area contributed by atoms with Gasteiger partial charge in [0, 0.05) is 19.7 Å². The number of carbonyl (C=O) groups excluding carboxylic acids is 2. The van der Waals surface area contributed by atoms with Gasteiger partial charge in [0.2, 0.25) is 11.8 Å². The summed E-state index contributed by atoms with van der Waals surface area (Å²) in [6.45, 7) is 2.20. The van der Waals surface area contributed by atoms with E-state index in [4.69, 9.17) is 15.0 Å². The lowest BCUT2D eigenvalue weighted by Gasteiger charge is -2.16. The molecule has 0 saturated heterocycles. The van der Waals surface area contributed by atoms with Crippen LogP contribution in [0.15, 0.2) is 10.6 Å². The first-order valence-electron chi connectivity index (χ1n) is 5.78. The Kier molecular flexibility index (Phi) is 5.97. The van der Waals surface area contributed by atoms with Crippen molar-refractivity contribution in [2.24, 2.45) is 5.73 Å². The quantitative estimate of drug-likeness (QED) is 0.637. The SMILES string of the molecule is Cc1cc(NC(=O)CN(C)C(=O)COCCN)no1. The molecule has 0 aliphatic heterocycles. The largest absolute Gasteiger partial charge is 0.370 e. The molecule has 0 saturated carbocycles. The first kappa shape index (κ1) is 15.1. The lowest BCUT2D eigenvalue weighted by Crippen LogP contribution is -2.37. The average Bonchev–Trinajstić information content (AvgIpc) is 2.74. The third-order valence-corrected chi connectivity index (χ3v) is 2.19. The Labute approximate surface area is 110 Å². The Morgan fingerprint density at radius 3 is 2.89 bits per heavy atom. The molecule has 1 heterocycles. The van der Waals surface area contributed by atoms with Crippen molar-refractivity contribution in [1.82, 2.24) is 10.1 Å². The number of carbonyl (C=O) groups is 2. The van der Waals surface area contributed by atoms with Gasteiger partial charge in [-0.1, -0.05) is 5.16 Å². The van der Waals surface area contributed by atoms with Crippen LogP contribution in [0, 0.1) is 6.92 Å². The van der Waals surface area contributed by atoms with Crippen molar-refractivity contribution in [2.75, 3.05) is 38.7 Å². The van der Waals surface area contributed by atoms with Crippen molar-refractivity contribution < 1.29 is 18.8 Å². The van der Waals surface area contributed by atoms with Crippen LogP contribution in [-0.2, 0) is 14.3 Å². The number of hydrogen-bond donors (Lipinski definition) is 2. The summed E-state index contributed by atoms with van der Waals surface area (Å²) in [4.78, 5) is 24.4. The van der Waals surface area contributed by atoms with Gasteiger partial charge in [0.15, 0.2) is 5.82 Å². The van der Waals surface area contributed by atoms with Gasteiger partial charge < -0.3 is 25.2 Å². The van der Waals surface area contributed by atoms with E-state index in [0.29, 0.717) is 24.7 Å². The molecule has 106 valence electrons. The molecule has 3 N–H and O–H groups in total. The number of nitrogens with one attached hydrogen (secondary N) is 1. The summed E-state index contributed by atoms with van der Waals surface area (Å²) < 4.78 is 9.80. The van der Waals surface area contributed by atoms with Crippen molar-refractivity contribution in [3.63, 3.8) is 0 Å². The number of amides is 2. The molecule has 0 spiro atoms. The third-order valence-electron chi connectivity index (χ3n) is 2.19. The van der Waals surface area contributed by atoms with Crippen LogP contribution >= 0.6 is 0 Å². The van der Waals surface area contributed by atoms with Gasteiger partial charge in [-0.25, -0.2) is 0 Å². The smallest absolute Gasteiger partial charge is 0.248 e. The molecule has 0 unspecified atom stereocenters. The predicted octanol–water partition coefficient (Wildman–Crippen LogP) is -0.645. The Hall–Kier alpha value is -1.93. The van der Waals surface area contributed by atoms with Crippen LogP contribution < -0.4 is 11.1 Å². The Bertz CT molecular complexity index is 432. The van der Waals surface area contributed by atoms with E-state index < -0.39 is 0 Å². The Morgan fingerprint density at radius 1 is 1.58 bits per heavy atom. The van der Waals surface area contributed by atoms with E-state index in [-0.39, 0.29) is 25.0 Å². The van der Waals surface area contributed by atoms with Crippen molar-refractivity contribution >= 4 is 17.6 Å². The highest BCUT2D eigenvalue weighted by Crippen LogP contribution is 2.06. The van der Waals surface area contributed by atoms with Gasteiger partial charge in [-0.3, -0.25) is 9.59 Å². The van der Waals surface area contributed by atoms with Crippen LogP contribution in [0.4, 0.5) is 5.82 Å². The highest BCUT2D eigenvalue weighted by Gasteiger charge is 2.14.